The van der Waals surface area contributed by atoms with E-state index in [-0.39, 0.29) is 24.4 Å². The van der Waals surface area contributed by atoms with Crippen molar-refractivity contribution >= 4 is 18.3 Å². The van der Waals surface area contributed by atoms with Crippen LogP contribution < -0.4 is 11.1 Å². The fraction of sp³-hybridized carbons (Fsp3) is 0.417. The van der Waals surface area contributed by atoms with E-state index in [4.69, 9.17) is 5.73 Å². The molecule has 0 spiro atoms. The quantitative estimate of drug-likeness (QED) is 0.840. The van der Waals surface area contributed by atoms with E-state index in [1.165, 1.54) is 5.56 Å². The Kier molecular flexibility index (Phi) is 4.33. The van der Waals surface area contributed by atoms with Crippen LogP contribution in [-0.4, -0.2) is 18.0 Å². The second kappa shape index (κ2) is 5.32. The van der Waals surface area contributed by atoms with E-state index >= 15 is 0 Å². The van der Waals surface area contributed by atoms with Gasteiger partial charge < -0.3 is 11.1 Å². The Balaban J connectivity index is 0.00000128. The highest BCUT2D eigenvalue weighted by Gasteiger charge is 2.39. The van der Waals surface area contributed by atoms with Crippen molar-refractivity contribution in [2.24, 2.45) is 5.73 Å². The molecule has 3 atom stereocenters. The van der Waals surface area contributed by atoms with Crippen molar-refractivity contribution in [3.05, 3.63) is 35.9 Å². The molecule has 0 aromatic heterocycles. The molecule has 4 heteroatoms. The lowest BCUT2D eigenvalue weighted by Gasteiger charge is -2.06. The second-order valence-electron chi connectivity index (χ2n) is 4.16. The Morgan fingerprint density at radius 3 is 2.62 bits per heavy atom. The number of carbonyl (C=O) groups excluding carboxylic acids is 1. The predicted octanol–water partition coefficient (Wildman–Crippen LogP) is 1.43. The molecule has 0 radical (unpaired) electrons. The standard InChI is InChI=1S/C12H16N2O.ClH/c1-8(13)12(15)14-11-7-10(11)9-5-3-2-4-6-9;/h2-6,8,10-11H,7,13H2,1H3,(H,14,15);1H/t8-,10?,11?;/m0./s1. The zero-order chi connectivity index (χ0) is 10.8. The van der Waals surface area contributed by atoms with Crippen molar-refractivity contribution in [1.29, 1.82) is 0 Å². The zero-order valence-electron chi connectivity index (χ0n) is 9.22. The predicted molar refractivity (Wildman–Crippen MR) is 66.6 cm³/mol. The smallest absolute Gasteiger partial charge is 0.236 e. The minimum atomic E-state index is -0.415. The summed E-state index contributed by atoms with van der Waals surface area (Å²) in [6.07, 6.45) is 1.03. The van der Waals surface area contributed by atoms with Crippen LogP contribution in [0.2, 0.25) is 0 Å². The van der Waals surface area contributed by atoms with Crippen LogP contribution in [0.15, 0.2) is 30.3 Å². The van der Waals surface area contributed by atoms with Gasteiger partial charge in [-0.05, 0) is 18.9 Å². The minimum Gasteiger partial charge on any atom is -0.351 e. The molecule has 1 aromatic rings. The normalized spacial score (nSPS) is 24.1. The summed E-state index contributed by atoms with van der Waals surface area (Å²) in [5.41, 5.74) is 6.78. The maximum Gasteiger partial charge on any atom is 0.236 e. The largest absolute Gasteiger partial charge is 0.351 e. The molecule has 0 heterocycles. The third-order valence-corrected chi connectivity index (χ3v) is 2.76. The first-order valence-electron chi connectivity index (χ1n) is 5.29. The molecule has 3 N–H and O–H groups in total. The first-order chi connectivity index (χ1) is 7.18. The summed E-state index contributed by atoms with van der Waals surface area (Å²) < 4.78 is 0. The Hall–Kier alpha value is -1.06. The molecule has 1 fully saturated rings. The van der Waals surface area contributed by atoms with Gasteiger partial charge in [-0.25, -0.2) is 0 Å². The maximum absolute atomic E-state index is 11.3. The highest BCUT2D eigenvalue weighted by atomic mass is 35.5. The molecule has 3 nitrogen and oxygen atoms in total. The number of amides is 1. The van der Waals surface area contributed by atoms with Crippen LogP contribution in [0.1, 0.15) is 24.8 Å². The second-order valence-corrected chi connectivity index (χ2v) is 4.16. The summed E-state index contributed by atoms with van der Waals surface area (Å²) in [4.78, 5) is 11.3. The number of benzene rings is 1. The van der Waals surface area contributed by atoms with Gasteiger partial charge >= 0.3 is 0 Å². The minimum absolute atomic E-state index is 0. The number of nitrogens with two attached hydrogens (primary N) is 1. The molecule has 2 rings (SSSR count). The van der Waals surface area contributed by atoms with Gasteiger partial charge in [0, 0.05) is 12.0 Å². The molecule has 1 saturated carbocycles. The van der Waals surface area contributed by atoms with Gasteiger partial charge in [0.25, 0.3) is 0 Å². The summed E-state index contributed by atoms with van der Waals surface area (Å²) in [7, 11) is 0. The van der Waals surface area contributed by atoms with Gasteiger partial charge in [-0.3, -0.25) is 4.79 Å². The van der Waals surface area contributed by atoms with Crippen molar-refractivity contribution in [2.75, 3.05) is 0 Å². The van der Waals surface area contributed by atoms with Crippen molar-refractivity contribution in [3.63, 3.8) is 0 Å². The van der Waals surface area contributed by atoms with E-state index in [9.17, 15) is 4.79 Å². The van der Waals surface area contributed by atoms with Crippen LogP contribution in [0, 0.1) is 0 Å². The van der Waals surface area contributed by atoms with Crippen molar-refractivity contribution in [2.45, 2.75) is 31.3 Å². The number of rotatable bonds is 3. The topological polar surface area (TPSA) is 55.1 Å². The highest BCUT2D eigenvalue weighted by Crippen LogP contribution is 2.40. The molecular weight excluding hydrogens is 224 g/mol. The van der Waals surface area contributed by atoms with Crippen LogP contribution >= 0.6 is 12.4 Å². The van der Waals surface area contributed by atoms with Crippen LogP contribution in [0.5, 0.6) is 0 Å². The lowest BCUT2D eigenvalue weighted by molar-refractivity contribution is -0.122. The summed E-state index contributed by atoms with van der Waals surface area (Å²) >= 11 is 0. The van der Waals surface area contributed by atoms with Crippen molar-refractivity contribution in [1.82, 2.24) is 5.32 Å². The first kappa shape index (κ1) is 13.0. The zero-order valence-corrected chi connectivity index (χ0v) is 10.0. The molecule has 1 aromatic carbocycles. The number of hydrogen-bond acceptors (Lipinski definition) is 2. The molecule has 1 amide bonds. The van der Waals surface area contributed by atoms with Gasteiger partial charge in [0.1, 0.15) is 0 Å². The summed E-state index contributed by atoms with van der Waals surface area (Å²) in [6, 6.07) is 10.1. The number of halogens is 1. The van der Waals surface area contributed by atoms with Crippen molar-refractivity contribution in [3.8, 4) is 0 Å². The lowest BCUT2D eigenvalue weighted by Crippen LogP contribution is -2.39. The van der Waals surface area contributed by atoms with E-state index in [0.717, 1.165) is 6.42 Å². The fourth-order valence-electron chi connectivity index (χ4n) is 1.74. The monoisotopic (exact) mass is 240 g/mol. The average molecular weight is 241 g/mol. The van der Waals surface area contributed by atoms with Crippen molar-refractivity contribution < 1.29 is 4.79 Å². The summed E-state index contributed by atoms with van der Waals surface area (Å²) in [5.74, 6) is 0.423. The molecule has 0 bridgehead atoms. The summed E-state index contributed by atoms with van der Waals surface area (Å²) in [6.45, 7) is 1.70. The number of carbonyl (C=O) groups is 1. The molecular formula is C12H17ClN2O. The Bertz CT molecular complexity index is 353. The fourth-order valence-corrected chi connectivity index (χ4v) is 1.74. The van der Waals surface area contributed by atoms with Crippen LogP contribution in [0.25, 0.3) is 0 Å². The molecule has 16 heavy (non-hydrogen) atoms. The number of hydrogen-bond donors (Lipinski definition) is 2. The molecule has 1 aliphatic rings. The van der Waals surface area contributed by atoms with E-state index in [2.05, 4.69) is 17.4 Å². The van der Waals surface area contributed by atoms with Gasteiger partial charge in [0.2, 0.25) is 5.91 Å². The highest BCUT2D eigenvalue weighted by molar-refractivity contribution is 5.85. The molecule has 0 saturated heterocycles. The number of nitrogens with one attached hydrogen (secondary N) is 1. The third kappa shape index (κ3) is 2.97. The molecule has 0 aliphatic heterocycles. The van der Waals surface area contributed by atoms with E-state index in [1.807, 2.05) is 18.2 Å². The average Bonchev–Trinajstić information content (AvgIpc) is 2.98. The Morgan fingerprint density at radius 1 is 1.44 bits per heavy atom. The van der Waals surface area contributed by atoms with Gasteiger partial charge in [0.15, 0.2) is 0 Å². The molecule has 1 aliphatic carbocycles. The SMILES string of the molecule is C[C@H](N)C(=O)NC1CC1c1ccccc1.Cl. The molecule has 2 unspecified atom stereocenters. The van der Waals surface area contributed by atoms with Gasteiger partial charge in [0.05, 0.1) is 6.04 Å². The Labute approximate surface area is 102 Å². The van der Waals surface area contributed by atoms with E-state index in [1.54, 1.807) is 6.92 Å². The third-order valence-electron chi connectivity index (χ3n) is 2.76. The van der Waals surface area contributed by atoms with Crippen LogP contribution in [0.4, 0.5) is 0 Å². The first-order valence-corrected chi connectivity index (χ1v) is 5.29. The Morgan fingerprint density at radius 2 is 2.06 bits per heavy atom. The lowest BCUT2D eigenvalue weighted by atomic mass is 10.1. The van der Waals surface area contributed by atoms with Gasteiger partial charge in [-0.15, -0.1) is 12.4 Å². The maximum atomic E-state index is 11.3. The van der Waals surface area contributed by atoms with Crippen LogP contribution in [0.3, 0.4) is 0 Å². The van der Waals surface area contributed by atoms with Gasteiger partial charge in [-0.1, -0.05) is 30.3 Å². The summed E-state index contributed by atoms with van der Waals surface area (Å²) in [5, 5.41) is 2.94. The van der Waals surface area contributed by atoms with E-state index in [0.29, 0.717) is 5.92 Å². The van der Waals surface area contributed by atoms with Crippen LogP contribution in [-0.2, 0) is 4.79 Å². The van der Waals surface area contributed by atoms with E-state index < -0.39 is 6.04 Å². The molecule has 88 valence electrons. The van der Waals surface area contributed by atoms with Gasteiger partial charge in [-0.2, -0.15) is 0 Å².